The Hall–Kier alpha value is -1.29. The van der Waals surface area contributed by atoms with E-state index < -0.39 is 0 Å². The van der Waals surface area contributed by atoms with Gasteiger partial charge in [-0.05, 0) is 67.7 Å². The van der Waals surface area contributed by atoms with Crippen molar-refractivity contribution in [3.05, 3.63) is 58.0 Å². The SMILES string of the molecule is CCN1CCC2(C=CC3=C(C2=O)c2cc(Cl)ccc2SC=C3)CC1. The third kappa shape index (κ3) is 2.59. The number of hydrogen-bond acceptors (Lipinski definition) is 3. The predicted octanol–water partition coefficient (Wildman–Crippen LogP) is 4.95. The second kappa shape index (κ2) is 6.21. The van der Waals surface area contributed by atoms with E-state index in [1.165, 1.54) is 0 Å². The molecule has 1 aromatic rings. The van der Waals surface area contributed by atoms with Crippen LogP contribution in [0.2, 0.25) is 5.02 Å². The Kier molecular flexibility index (Phi) is 4.19. The molecule has 124 valence electrons. The number of hydrogen-bond donors (Lipinski definition) is 0. The highest BCUT2D eigenvalue weighted by molar-refractivity contribution is 8.02. The van der Waals surface area contributed by atoms with Gasteiger partial charge >= 0.3 is 0 Å². The molecule has 1 fully saturated rings. The van der Waals surface area contributed by atoms with Crippen LogP contribution < -0.4 is 0 Å². The summed E-state index contributed by atoms with van der Waals surface area (Å²) in [5.41, 5.74) is 2.50. The minimum Gasteiger partial charge on any atom is -0.304 e. The summed E-state index contributed by atoms with van der Waals surface area (Å²) >= 11 is 7.89. The number of fused-ring (bicyclic) bond motifs is 2. The zero-order chi connectivity index (χ0) is 16.7. The first kappa shape index (κ1) is 16.2. The van der Waals surface area contributed by atoms with Crippen molar-refractivity contribution in [2.45, 2.75) is 24.7 Å². The number of carbonyl (C=O) groups excluding carboxylic acids is 1. The molecule has 0 aromatic heterocycles. The number of nitrogens with zero attached hydrogens (tertiary/aromatic N) is 1. The van der Waals surface area contributed by atoms with Crippen molar-refractivity contribution in [3.8, 4) is 0 Å². The van der Waals surface area contributed by atoms with E-state index in [0.717, 1.165) is 54.1 Å². The van der Waals surface area contributed by atoms with Crippen molar-refractivity contribution in [1.29, 1.82) is 0 Å². The zero-order valence-electron chi connectivity index (χ0n) is 13.7. The van der Waals surface area contributed by atoms with Gasteiger partial charge < -0.3 is 4.90 Å². The topological polar surface area (TPSA) is 20.3 Å². The van der Waals surface area contributed by atoms with Crippen LogP contribution in [-0.2, 0) is 4.79 Å². The molecule has 1 aliphatic carbocycles. The molecule has 2 aliphatic heterocycles. The van der Waals surface area contributed by atoms with Gasteiger partial charge in [-0.25, -0.2) is 0 Å². The maximum Gasteiger partial charge on any atom is 0.174 e. The van der Waals surface area contributed by atoms with E-state index in [4.69, 9.17) is 11.6 Å². The standard InChI is InChI=1S/C20H20ClNOS/c1-2-22-10-8-20(9-11-22)7-5-14-6-12-24-17-4-3-15(21)13-16(17)18(14)19(20)23/h3-7,12-13H,2,8-11H2,1H3. The molecule has 1 saturated heterocycles. The van der Waals surface area contributed by atoms with Crippen LogP contribution in [0, 0.1) is 5.41 Å². The molecular weight excluding hydrogens is 338 g/mol. The van der Waals surface area contributed by atoms with Crippen LogP contribution in [0.3, 0.4) is 0 Å². The average molecular weight is 358 g/mol. The van der Waals surface area contributed by atoms with Crippen LogP contribution in [0.1, 0.15) is 25.3 Å². The summed E-state index contributed by atoms with van der Waals surface area (Å²) in [7, 11) is 0. The summed E-state index contributed by atoms with van der Waals surface area (Å²) in [6.07, 6.45) is 8.16. The van der Waals surface area contributed by atoms with Crippen molar-refractivity contribution >= 4 is 34.7 Å². The van der Waals surface area contributed by atoms with Crippen molar-refractivity contribution in [2.24, 2.45) is 5.41 Å². The highest BCUT2D eigenvalue weighted by atomic mass is 35.5. The number of halogens is 1. The quantitative estimate of drug-likeness (QED) is 0.709. The first-order chi connectivity index (χ1) is 11.6. The van der Waals surface area contributed by atoms with Crippen LogP contribution in [0.15, 0.2) is 52.3 Å². The number of likely N-dealkylation sites (tertiary alicyclic amines) is 1. The fourth-order valence-electron chi connectivity index (χ4n) is 3.85. The molecule has 0 unspecified atom stereocenters. The molecule has 1 spiro atoms. The highest BCUT2D eigenvalue weighted by Crippen LogP contribution is 2.46. The first-order valence-electron chi connectivity index (χ1n) is 8.47. The molecule has 0 saturated carbocycles. The van der Waals surface area contributed by atoms with E-state index in [1.807, 2.05) is 18.2 Å². The van der Waals surface area contributed by atoms with Crippen molar-refractivity contribution in [3.63, 3.8) is 0 Å². The normalized spacial score (nSPS) is 22.5. The number of allylic oxidation sites excluding steroid dienone is 5. The minimum atomic E-state index is -0.340. The summed E-state index contributed by atoms with van der Waals surface area (Å²) in [6, 6.07) is 5.85. The number of ketones is 1. The highest BCUT2D eigenvalue weighted by Gasteiger charge is 2.43. The second-order valence-corrected chi connectivity index (χ2v) is 8.03. The Morgan fingerprint density at radius 1 is 1.25 bits per heavy atom. The maximum absolute atomic E-state index is 13.5. The molecular formula is C20H20ClNOS. The molecule has 0 atom stereocenters. The van der Waals surface area contributed by atoms with E-state index in [-0.39, 0.29) is 11.2 Å². The lowest BCUT2D eigenvalue weighted by atomic mass is 9.68. The summed E-state index contributed by atoms with van der Waals surface area (Å²) in [5, 5.41) is 2.74. The molecule has 4 heteroatoms. The molecule has 0 radical (unpaired) electrons. The van der Waals surface area contributed by atoms with Crippen molar-refractivity contribution in [2.75, 3.05) is 19.6 Å². The number of benzene rings is 1. The van der Waals surface area contributed by atoms with Gasteiger partial charge in [-0.15, -0.1) is 0 Å². The van der Waals surface area contributed by atoms with Gasteiger partial charge in [0.15, 0.2) is 5.78 Å². The summed E-state index contributed by atoms with van der Waals surface area (Å²) in [6.45, 7) is 5.22. The number of carbonyl (C=O) groups is 1. The van der Waals surface area contributed by atoms with Crippen LogP contribution in [0.5, 0.6) is 0 Å². The minimum absolute atomic E-state index is 0.270. The van der Waals surface area contributed by atoms with Crippen LogP contribution in [0.4, 0.5) is 0 Å². The predicted molar refractivity (Wildman–Crippen MR) is 101 cm³/mol. The lowest BCUT2D eigenvalue weighted by Crippen LogP contribution is -2.44. The van der Waals surface area contributed by atoms with E-state index >= 15 is 0 Å². The monoisotopic (exact) mass is 357 g/mol. The van der Waals surface area contributed by atoms with Gasteiger partial charge in [0.1, 0.15) is 0 Å². The van der Waals surface area contributed by atoms with Gasteiger partial charge in [0.2, 0.25) is 0 Å². The summed E-state index contributed by atoms with van der Waals surface area (Å²) in [4.78, 5) is 17.1. The largest absolute Gasteiger partial charge is 0.304 e. The van der Waals surface area contributed by atoms with Crippen molar-refractivity contribution < 1.29 is 4.79 Å². The molecule has 2 nitrogen and oxygen atoms in total. The van der Waals surface area contributed by atoms with Crippen LogP contribution in [0.25, 0.3) is 5.57 Å². The number of thioether (sulfide) groups is 1. The summed E-state index contributed by atoms with van der Waals surface area (Å²) < 4.78 is 0. The van der Waals surface area contributed by atoms with E-state index in [2.05, 4.69) is 35.5 Å². The second-order valence-electron chi connectivity index (χ2n) is 6.64. The summed E-state index contributed by atoms with van der Waals surface area (Å²) in [5.74, 6) is 0.270. The molecule has 0 bridgehead atoms. The Morgan fingerprint density at radius 2 is 2.04 bits per heavy atom. The molecule has 24 heavy (non-hydrogen) atoms. The lowest BCUT2D eigenvalue weighted by molar-refractivity contribution is -0.122. The van der Waals surface area contributed by atoms with Gasteiger partial charge in [0, 0.05) is 21.1 Å². The third-order valence-electron chi connectivity index (χ3n) is 5.40. The van der Waals surface area contributed by atoms with E-state index in [0.29, 0.717) is 5.02 Å². The Bertz CT molecular complexity index is 785. The average Bonchev–Trinajstić information content (AvgIpc) is 2.78. The van der Waals surface area contributed by atoms with Crippen LogP contribution in [-0.4, -0.2) is 30.3 Å². The Labute approximate surface area is 152 Å². The molecule has 4 rings (SSSR count). The molecule has 1 aromatic carbocycles. The molecule has 2 heterocycles. The molecule has 3 aliphatic rings. The van der Waals surface area contributed by atoms with E-state index in [1.54, 1.807) is 11.8 Å². The Balaban J connectivity index is 1.78. The fraction of sp³-hybridized carbons (Fsp3) is 0.350. The van der Waals surface area contributed by atoms with Gasteiger partial charge in [-0.1, -0.05) is 42.4 Å². The lowest BCUT2D eigenvalue weighted by Gasteiger charge is -2.40. The van der Waals surface area contributed by atoms with Gasteiger partial charge in [0.25, 0.3) is 0 Å². The number of piperidine rings is 1. The molecule has 0 amide bonds. The van der Waals surface area contributed by atoms with Crippen molar-refractivity contribution in [1.82, 2.24) is 4.90 Å². The smallest absolute Gasteiger partial charge is 0.174 e. The number of Topliss-reactive ketones (excluding diaryl/α,β-unsaturated/α-hetero) is 1. The number of rotatable bonds is 1. The van der Waals surface area contributed by atoms with Crippen LogP contribution >= 0.6 is 23.4 Å². The zero-order valence-corrected chi connectivity index (χ0v) is 15.3. The third-order valence-corrected chi connectivity index (χ3v) is 6.52. The Morgan fingerprint density at radius 3 is 2.79 bits per heavy atom. The van der Waals surface area contributed by atoms with Gasteiger partial charge in [0.05, 0.1) is 5.41 Å². The first-order valence-corrected chi connectivity index (χ1v) is 9.72. The van der Waals surface area contributed by atoms with Gasteiger partial charge in [-0.3, -0.25) is 4.79 Å². The maximum atomic E-state index is 13.5. The van der Waals surface area contributed by atoms with Gasteiger partial charge in [-0.2, -0.15) is 0 Å². The van der Waals surface area contributed by atoms with E-state index in [9.17, 15) is 4.79 Å². The fourth-order valence-corrected chi connectivity index (χ4v) is 4.82. The molecule has 0 N–H and O–H groups in total.